The third-order valence-electron chi connectivity index (χ3n) is 4.37. The number of rotatable bonds is 3. The highest BCUT2D eigenvalue weighted by molar-refractivity contribution is 5.97. The summed E-state index contributed by atoms with van der Waals surface area (Å²) in [7, 11) is 0. The number of fused-ring (bicyclic) bond motifs is 1. The van der Waals surface area contributed by atoms with E-state index in [1.807, 2.05) is 56.0 Å². The molecule has 0 unspecified atom stereocenters. The van der Waals surface area contributed by atoms with Crippen LogP contribution in [-0.4, -0.2) is 18.6 Å². The topological polar surface area (TPSA) is 29.5 Å². The van der Waals surface area contributed by atoms with E-state index < -0.39 is 6.10 Å². The summed E-state index contributed by atoms with van der Waals surface area (Å²) in [4.78, 5) is 14.7. The molecule has 0 aliphatic carbocycles. The Labute approximate surface area is 137 Å². The second-order valence-corrected chi connectivity index (χ2v) is 6.25. The second kappa shape index (κ2) is 6.45. The van der Waals surface area contributed by atoms with E-state index in [4.69, 9.17) is 4.74 Å². The minimum absolute atomic E-state index is 0.0260. The van der Waals surface area contributed by atoms with Crippen LogP contribution < -0.4 is 9.64 Å². The Morgan fingerprint density at radius 2 is 1.96 bits per heavy atom. The van der Waals surface area contributed by atoms with Gasteiger partial charge >= 0.3 is 0 Å². The smallest absolute Gasteiger partial charge is 0.267 e. The first-order valence-corrected chi connectivity index (χ1v) is 8.19. The van der Waals surface area contributed by atoms with Crippen molar-refractivity contribution in [1.82, 2.24) is 0 Å². The Balaban J connectivity index is 1.79. The molecule has 1 amide bonds. The summed E-state index contributed by atoms with van der Waals surface area (Å²) >= 11 is 0. The van der Waals surface area contributed by atoms with Gasteiger partial charge in [-0.15, -0.1) is 0 Å². The molecule has 1 atom stereocenters. The van der Waals surface area contributed by atoms with Crippen LogP contribution in [0.4, 0.5) is 5.69 Å². The van der Waals surface area contributed by atoms with E-state index in [0.29, 0.717) is 0 Å². The molecular weight excluding hydrogens is 286 g/mol. The van der Waals surface area contributed by atoms with Crippen molar-refractivity contribution in [2.75, 3.05) is 11.4 Å². The zero-order valence-corrected chi connectivity index (χ0v) is 14.0. The van der Waals surface area contributed by atoms with Gasteiger partial charge in [0.1, 0.15) is 5.75 Å². The maximum absolute atomic E-state index is 12.9. The zero-order valence-electron chi connectivity index (χ0n) is 14.0. The number of benzene rings is 2. The fraction of sp³-hybridized carbons (Fsp3) is 0.350. The van der Waals surface area contributed by atoms with Gasteiger partial charge in [0.15, 0.2) is 6.10 Å². The number of anilines is 1. The molecule has 3 heteroatoms. The first kappa shape index (κ1) is 15.6. The summed E-state index contributed by atoms with van der Waals surface area (Å²) in [5.74, 6) is 0.814. The van der Waals surface area contributed by atoms with E-state index in [9.17, 15) is 4.79 Å². The van der Waals surface area contributed by atoms with Crippen molar-refractivity contribution in [1.29, 1.82) is 0 Å². The number of nitrogens with zero attached hydrogens (tertiary/aromatic N) is 1. The van der Waals surface area contributed by atoms with Crippen molar-refractivity contribution in [2.24, 2.45) is 0 Å². The summed E-state index contributed by atoms with van der Waals surface area (Å²) in [5, 5.41) is 0. The normalized spacial score (nSPS) is 15.0. The molecule has 0 N–H and O–H groups in total. The van der Waals surface area contributed by atoms with Crippen molar-refractivity contribution in [3.05, 3.63) is 59.2 Å². The molecule has 1 aliphatic rings. The van der Waals surface area contributed by atoms with Gasteiger partial charge in [0.05, 0.1) is 0 Å². The molecule has 0 fully saturated rings. The van der Waals surface area contributed by atoms with Gasteiger partial charge in [-0.25, -0.2) is 0 Å². The van der Waals surface area contributed by atoms with E-state index in [1.54, 1.807) is 0 Å². The summed E-state index contributed by atoms with van der Waals surface area (Å²) in [5.41, 5.74) is 4.45. The molecule has 1 aliphatic heterocycles. The van der Waals surface area contributed by atoms with Crippen molar-refractivity contribution >= 4 is 11.6 Å². The van der Waals surface area contributed by atoms with Gasteiger partial charge in [0, 0.05) is 12.2 Å². The molecule has 1 heterocycles. The van der Waals surface area contributed by atoms with Crippen LogP contribution in [0.15, 0.2) is 42.5 Å². The SMILES string of the molecule is Cc1ccc(C)c(O[C@@H](C)C(=O)N2CCCc3ccccc32)c1. The van der Waals surface area contributed by atoms with Gasteiger partial charge in [0.2, 0.25) is 0 Å². The van der Waals surface area contributed by atoms with Crippen LogP contribution in [0.3, 0.4) is 0 Å². The molecule has 120 valence electrons. The molecule has 2 aromatic rings. The maximum atomic E-state index is 12.9. The second-order valence-electron chi connectivity index (χ2n) is 6.25. The fourth-order valence-corrected chi connectivity index (χ4v) is 3.06. The lowest BCUT2D eigenvalue weighted by Gasteiger charge is -2.31. The van der Waals surface area contributed by atoms with Gasteiger partial charge in [-0.2, -0.15) is 0 Å². The number of para-hydroxylation sites is 1. The van der Waals surface area contributed by atoms with Crippen LogP contribution in [0.25, 0.3) is 0 Å². The number of ether oxygens (including phenoxy) is 1. The highest BCUT2D eigenvalue weighted by Gasteiger charge is 2.27. The number of aryl methyl sites for hydroxylation is 3. The van der Waals surface area contributed by atoms with Crippen LogP contribution in [0.5, 0.6) is 5.75 Å². The fourth-order valence-electron chi connectivity index (χ4n) is 3.06. The number of hydrogen-bond donors (Lipinski definition) is 0. The largest absolute Gasteiger partial charge is 0.481 e. The zero-order chi connectivity index (χ0) is 16.4. The van der Waals surface area contributed by atoms with Crippen LogP contribution in [0, 0.1) is 13.8 Å². The number of carbonyl (C=O) groups is 1. The molecule has 2 aromatic carbocycles. The van der Waals surface area contributed by atoms with E-state index >= 15 is 0 Å². The van der Waals surface area contributed by atoms with Crippen LogP contribution >= 0.6 is 0 Å². The van der Waals surface area contributed by atoms with E-state index in [-0.39, 0.29) is 5.91 Å². The summed E-state index contributed by atoms with van der Waals surface area (Å²) in [6, 6.07) is 14.2. The monoisotopic (exact) mass is 309 g/mol. The average molecular weight is 309 g/mol. The molecule has 3 rings (SSSR count). The average Bonchev–Trinajstić information content (AvgIpc) is 2.57. The molecule has 23 heavy (non-hydrogen) atoms. The lowest BCUT2D eigenvalue weighted by molar-refractivity contribution is -0.124. The lowest BCUT2D eigenvalue weighted by Crippen LogP contribution is -2.43. The predicted molar refractivity (Wildman–Crippen MR) is 93.1 cm³/mol. The molecule has 0 saturated carbocycles. The van der Waals surface area contributed by atoms with Gasteiger partial charge < -0.3 is 9.64 Å². The Morgan fingerprint density at radius 1 is 1.17 bits per heavy atom. The number of amides is 1. The molecule has 3 nitrogen and oxygen atoms in total. The quantitative estimate of drug-likeness (QED) is 0.856. The molecular formula is C20H23NO2. The van der Waals surface area contributed by atoms with Gasteiger partial charge in [0.25, 0.3) is 5.91 Å². The molecule has 0 radical (unpaired) electrons. The Morgan fingerprint density at radius 3 is 2.78 bits per heavy atom. The van der Waals surface area contributed by atoms with Crippen LogP contribution in [0.1, 0.15) is 30.0 Å². The molecule has 0 aromatic heterocycles. The van der Waals surface area contributed by atoms with Crippen molar-refractivity contribution in [3.8, 4) is 5.75 Å². The van der Waals surface area contributed by atoms with Crippen molar-refractivity contribution in [2.45, 2.75) is 39.7 Å². The highest BCUT2D eigenvalue weighted by atomic mass is 16.5. The Kier molecular flexibility index (Phi) is 4.37. The summed E-state index contributed by atoms with van der Waals surface area (Å²) in [6.07, 6.45) is 1.53. The summed E-state index contributed by atoms with van der Waals surface area (Å²) in [6.45, 7) is 6.62. The van der Waals surface area contributed by atoms with Crippen LogP contribution in [0.2, 0.25) is 0 Å². The first-order chi connectivity index (χ1) is 11.1. The maximum Gasteiger partial charge on any atom is 0.267 e. The predicted octanol–water partition coefficient (Wildman–Crippen LogP) is 4.05. The van der Waals surface area contributed by atoms with Gasteiger partial charge in [-0.05, 0) is 62.4 Å². The Bertz CT molecular complexity index is 723. The Hall–Kier alpha value is -2.29. The highest BCUT2D eigenvalue weighted by Crippen LogP contribution is 2.28. The third kappa shape index (κ3) is 3.24. The summed E-state index contributed by atoms with van der Waals surface area (Å²) < 4.78 is 5.96. The minimum Gasteiger partial charge on any atom is -0.481 e. The number of hydrogen-bond acceptors (Lipinski definition) is 2. The minimum atomic E-state index is -0.498. The van der Waals surface area contributed by atoms with Crippen LogP contribution in [-0.2, 0) is 11.2 Å². The van der Waals surface area contributed by atoms with E-state index in [2.05, 4.69) is 12.1 Å². The lowest BCUT2D eigenvalue weighted by atomic mass is 10.0. The first-order valence-electron chi connectivity index (χ1n) is 8.19. The van der Waals surface area contributed by atoms with Crippen molar-refractivity contribution < 1.29 is 9.53 Å². The number of carbonyl (C=O) groups excluding carboxylic acids is 1. The molecule has 0 saturated heterocycles. The standard InChI is InChI=1S/C20H23NO2/c1-14-10-11-15(2)19(13-14)23-16(3)20(22)21-12-6-8-17-7-4-5-9-18(17)21/h4-5,7,9-11,13,16H,6,8,12H2,1-3H3/t16-/m0/s1. The third-order valence-corrected chi connectivity index (χ3v) is 4.37. The molecule has 0 bridgehead atoms. The molecule has 0 spiro atoms. The van der Waals surface area contributed by atoms with E-state index in [0.717, 1.165) is 42.0 Å². The van der Waals surface area contributed by atoms with Crippen molar-refractivity contribution in [3.63, 3.8) is 0 Å². The van der Waals surface area contributed by atoms with Gasteiger partial charge in [-0.3, -0.25) is 4.79 Å². The van der Waals surface area contributed by atoms with Gasteiger partial charge in [-0.1, -0.05) is 30.3 Å². The van der Waals surface area contributed by atoms with E-state index in [1.165, 1.54) is 5.56 Å².